The maximum atomic E-state index is 12.9. The van der Waals surface area contributed by atoms with Crippen LogP contribution in [-0.4, -0.2) is 36.2 Å². The van der Waals surface area contributed by atoms with Gasteiger partial charge in [0.15, 0.2) is 0 Å². The van der Waals surface area contributed by atoms with Crippen molar-refractivity contribution in [2.75, 3.05) is 12.4 Å². The monoisotopic (exact) mass is 427 g/mol. The van der Waals surface area contributed by atoms with Crippen LogP contribution in [0.15, 0.2) is 53.4 Å². The summed E-state index contributed by atoms with van der Waals surface area (Å²) in [5.74, 6) is -1.21. The van der Waals surface area contributed by atoms with E-state index in [2.05, 4.69) is 16.0 Å². The fourth-order valence-electron chi connectivity index (χ4n) is 3.01. The standard InChI is InChI=1S/C21H21N3O5S/c1-12(18(26)29-3)30-16-10-5-4-9-15(16)17(25)22-14-8-6-7-13(11-14)21(2)19(27)23-20(28)24-21/h4-12H,1-3H3,(H,22,25)(H2,23,24,27,28). The number of carbonyl (C=O) groups is 4. The van der Waals surface area contributed by atoms with Crippen molar-refractivity contribution in [1.29, 1.82) is 0 Å². The number of anilines is 1. The summed E-state index contributed by atoms with van der Waals surface area (Å²) >= 11 is 1.23. The van der Waals surface area contributed by atoms with Crippen LogP contribution < -0.4 is 16.0 Å². The van der Waals surface area contributed by atoms with E-state index in [1.165, 1.54) is 18.9 Å². The lowest BCUT2D eigenvalue weighted by Gasteiger charge is -2.22. The quantitative estimate of drug-likeness (QED) is 0.371. The summed E-state index contributed by atoms with van der Waals surface area (Å²) in [5.41, 5.74) is 0.183. The molecule has 1 aliphatic rings. The van der Waals surface area contributed by atoms with Gasteiger partial charge in [-0.05, 0) is 43.7 Å². The largest absolute Gasteiger partial charge is 0.468 e. The molecule has 9 heteroatoms. The van der Waals surface area contributed by atoms with E-state index in [1.807, 2.05) is 0 Å². The molecule has 156 valence electrons. The molecular weight excluding hydrogens is 406 g/mol. The molecule has 4 amide bonds. The molecule has 0 spiro atoms. The molecule has 3 N–H and O–H groups in total. The number of rotatable bonds is 6. The molecule has 1 saturated heterocycles. The number of hydrogen-bond donors (Lipinski definition) is 3. The number of nitrogens with one attached hydrogen (secondary N) is 3. The second-order valence-corrected chi connectivity index (χ2v) is 8.23. The number of carbonyl (C=O) groups excluding carboxylic acids is 4. The van der Waals surface area contributed by atoms with E-state index in [4.69, 9.17) is 4.74 Å². The van der Waals surface area contributed by atoms with Crippen LogP contribution in [0.3, 0.4) is 0 Å². The average molecular weight is 427 g/mol. The molecule has 2 unspecified atom stereocenters. The maximum absolute atomic E-state index is 12.9. The van der Waals surface area contributed by atoms with Crippen molar-refractivity contribution in [3.63, 3.8) is 0 Å². The Morgan fingerprint density at radius 2 is 1.87 bits per heavy atom. The lowest BCUT2D eigenvalue weighted by molar-refractivity contribution is -0.139. The Bertz CT molecular complexity index is 1030. The smallest absolute Gasteiger partial charge is 0.322 e. The van der Waals surface area contributed by atoms with Gasteiger partial charge in [0.2, 0.25) is 0 Å². The third-order valence-corrected chi connectivity index (χ3v) is 5.87. The van der Waals surface area contributed by atoms with Gasteiger partial charge in [0.05, 0.1) is 12.7 Å². The summed E-state index contributed by atoms with van der Waals surface area (Å²) in [7, 11) is 1.32. The van der Waals surface area contributed by atoms with Crippen LogP contribution in [0, 0.1) is 0 Å². The zero-order chi connectivity index (χ0) is 21.9. The van der Waals surface area contributed by atoms with Gasteiger partial charge in [-0.1, -0.05) is 24.3 Å². The van der Waals surface area contributed by atoms with E-state index < -0.39 is 22.7 Å². The molecule has 0 saturated carbocycles. The lowest BCUT2D eigenvalue weighted by atomic mass is 9.92. The predicted molar refractivity (Wildman–Crippen MR) is 112 cm³/mol. The van der Waals surface area contributed by atoms with Gasteiger partial charge < -0.3 is 15.4 Å². The first kappa shape index (κ1) is 21.4. The third kappa shape index (κ3) is 4.30. The highest BCUT2D eigenvalue weighted by Crippen LogP contribution is 2.29. The fraction of sp³-hybridized carbons (Fsp3) is 0.238. The van der Waals surface area contributed by atoms with Crippen molar-refractivity contribution in [2.45, 2.75) is 29.5 Å². The minimum atomic E-state index is -1.22. The van der Waals surface area contributed by atoms with E-state index in [0.29, 0.717) is 21.7 Å². The number of benzene rings is 2. The highest BCUT2D eigenvalue weighted by atomic mass is 32.2. The third-order valence-electron chi connectivity index (χ3n) is 4.71. The minimum absolute atomic E-state index is 0.364. The lowest BCUT2D eigenvalue weighted by Crippen LogP contribution is -2.40. The number of urea groups is 1. The van der Waals surface area contributed by atoms with Gasteiger partial charge in [-0.3, -0.25) is 19.7 Å². The Balaban J connectivity index is 1.82. The molecule has 1 fully saturated rings. The van der Waals surface area contributed by atoms with Gasteiger partial charge in [-0.2, -0.15) is 0 Å². The van der Waals surface area contributed by atoms with Gasteiger partial charge in [0.1, 0.15) is 10.8 Å². The Hall–Kier alpha value is -3.33. The molecule has 0 aliphatic carbocycles. The SMILES string of the molecule is COC(=O)C(C)Sc1ccccc1C(=O)Nc1cccc(C2(C)NC(=O)NC2=O)c1. The topological polar surface area (TPSA) is 114 Å². The molecule has 1 aliphatic heterocycles. The molecule has 0 radical (unpaired) electrons. The van der Waals surface area contributed by atoms with E-state index in [1.54, 1.807) is 62.4 Å². The van der Waals surface area contributed by atoms with Gasteiger partial charge in [-0.25, -0.2) is 4.79 Å². The van der Waals surface area contributed by atoms with Gasteiger partial charge in [0, 0.05) is 10.6 Å². The van der Waals surface area contributed by atoms with Gasteiger partial charge in [0.25, 0.3) is 11.8 Å². The number of hydrogen-bond acceptors (Lipinski definition) is 6. The first-order chi connectivity index (χ1) is 14.2. The highest BCUT2D eigenvalue weighted by molar-refractivity contribution is 8.00. The molecule has 2 aromatic carbocycles. The molecule has 30 heavy (non-hydrogen) atoms. The minimum Gasteiger partial charge on any atom is -0.468 e. The van der Waals surface area contributed by atoms with Crippen LogP contribution in [0.2, 0.25) is 0 Å². The average Bonchev–Trinajstić information content (AvgIpc) is 3.00. The second-order valence-electron chi connectivity index (χ2n) is 6.85. The van der Waals surface area contributed by atoms with Crippen LogP contribution >= 0.6 is 11.8 Å². The summed E-state index contributed by atoms with van der Waals surface area (Å²) in [6, 6.07) is 13.1. The Morgan fingerprint density at radius 1 is 1.13 bits per heavy atom. The van der Waals surface area contributed by atoms with E-state index in [9.17, 15) is 19.2 Å². The zero-order valence-electron chi connectivity index (χ0n) is 16.6. The van der Waals surface area contributed by atoms with Crippen molar-refractivity contribution < 1.29 is 23.9 Å². The maximum Gasteiger partial charge on any atom is 0.322 e. The van der Waals surface area contributed by atoms with Crippen molar-refractivity contribution in [3.05, 3.63) is 59.7 Å². The van der Waals surface area contributed by atoms with Crippen molar-refractivity contribution in [1.82, 2.24) is 10.6 Å². The Kier molecular flexibility index (Phi) is 6.12. The number of thioether (sulfide) groups is 1. The van der Waals surface area contributed by atoms with Crippen molar-refractivity contribution in [3.8, 4) is 0 Å². The predicted octanol–water partition coefficient (Wildman–Crippen LogP) is 2.65. The summed E-state index contributed by atoms with van der Waals surface area (Å²) in [6.07, 6.45) is 0. The number of methoxy groups -OCH3 is 1. The van der Waals surface area contributed by atoms with Crippen LogP contribution in [0.4, 0.5) is 10.5 Å². The normalized spacial score (nSPS) is 18.9. The number of imide groups is 1. The van der Waals surface area contributed by atoms with E-state index in [-0.39, 0.29) is 11.9 Å². The zero-order valence-corrected chi connectivity index (χ0v) is 17.5. The van der Waals surface area contributed by atoms with Crippen LogP contribution in [-0.2, 0) is 19.9 Å². The summed E-state index contributed by atoms with van der Waals surface area (Å²) in [4.78, 5) is 49.0. The Labute approximate surface area is 177 Å². The molecule has 1 heterocycles. The number of esters is 1. The number of ether oxygens (including phenoxy) is 1. The first-order valence-electron chi connectivity index (χ1n) is 9.13. The van der Waals surface area contributed by atoms with Crippen LogP contribution in [0.25, 0.3) is 0 Å². The van der Waals surface area contributed by atoms with Crippen LogP contribution in [0.1, 0.15) is 29.8 Å². The molecule has 8 nitrogen and oxygen atoms in total. The molecule has 3 rings (SSSR count). The Morgan fingerprint density at radius 3 is 2.53 bits per heavy atom. The second kappa shape index (κ2) is 8.58. The van der Waals surface area contributed by atoms with Gasteiger partial charge in [-0.15, -0.1) is 11.8 Å². The highest BCUT2D eigenvalue weighted by Gasteiger charge is 2.43. The fourth-order valence-corrected chi connectivity index (χ4v) is 4.03. The van der Waals surface area contributed by atoms with E-state index in [0.717, 1.165) is 0 Å². The molecular formula is C21H21N3O5S. The number of amides is 4. The molecule has 2 aromatic rings. The molecule has 0 aromatic heterocycles. The van der Waals surface area contributed by atoms with Crippen LogP contribution in [0.5, 0.6) is 0 Å². The van der Waals surface area contributed by atoms with Crippen molar-refractivity contribution >= 4 is 41.3 Å². The van der Waals surface area contributed by atoms with Gasteiger partial charge >= 0.3 is 12.0 Å². The first-order valence-corrected chi connectivity index (χ1v) is 10.0. The van der Waals surface area contributed by atoms with E-state index >= 15 is 0 Å². The molecule has 2 atom stereocenters. The van der Waals surface area contributed by atoms with Crippen molar-refractivity contribution in [2.24, 2.45) is 0 Å². The summed E-state index contributed by atoms with van der Waals surface area (Å²) in [6.45, 7) is 3.30. The summed E-state index contributed by atoms with van der Waals surface area (Å²) < 4.78 is 4.74. The summed E-state index contributed by atoms with van der Waals surface area (Å²) in [5, 5.41) is 7.14. The molecule has 0 bridgehead atoms.